The van der Waals surface area contributed by atoms with Crippen LogP contribution in [0.1, 0.15) is 50.5 Å². The van der Waals surface area contributed by atoms with Gasteiger partial charge in [0, 0.05) is 32.1 Å². The summed E-state index contributed by atoms with van der Waals surface area (Å²) in [7, 11) is 4.85. The zero-order chi connectivity index (χ0) is 19.2. The number of hydrogen-bond donors (Lipinski definition) is 1. The summed E-state index contributed by atoms with van der Waals surface area (Å²) in [6.45, 7) is 6.01. The first-order valence-electron chi connectivity index (χ1n) is 8.94. The van der Waals surface area contributed by atoms with Crippen LogP contribution >= 0.6 is 0 Å². The molecule has 26 heavy (non-hydrogen) atoms. The molecule has 0 saturated carbocycles. The number of aliphatic hydroxyl groups is 1. The molecule has 3 rings (SSSR count). The minimum Gasteiger partial charge on any atom is -0.496 e. The zero-order valence-corrected chi connectivity index (χ0v) is 16.3. The summed E-state index contributed by atoms with van der Waals surface area (Å²) in [4.78, 5) is 12.7. The third kappa shape index (κ3) is 2.61. The van der Waals surface area contributed by atoms with Crippen LogP contribution in [0.3, 0.4) is 0 Å². The summed E-state index contributed by atoms with van der Waals surface area (Å²) in [5.74, 6) is 0.391. The van der Waals surface area contributed by atoms with Gasteiger partial charge >= 0.3 is 0 Å². The topological polar surface area (TPSA) is 65.0 Å². The first-order valence-corrected chi connectivity index (χ1v) is 8.94. The Morgan fingerprint density at radius 2 is 1.77 bits per heavy atom. The van der Waals surface area contributed by atoms with Gasteiger partial charge in [0.15, 0.2) is 5.78 Å². The number of carbonyl (C=O) groups excluding carboxylic acids is 1. The molecule has 1 N–H and O–H groups in total. The van der Waals surface area contributed by atoms with Gasteiger partial charge in [-0.2, -0.15) is 0 Å². The lowest BCUT2D eigenvalue weighted by atomic mass is 9.58. The van der Waals surface area contributed by atoms with Crippen LogP contribution in [0.4, 0.5) is 0 Å². The van der Waals surface area contributed by atoms with Gasteiger partial charge in [-0.15, -0.1) is 0 Å². The maximum atomic E-state index is 12.7. The number of hydrogen-bond acceptors (Lipinski definition) is 5. The molecule has 0 radical (unpaired) electrons. The highest BCUT2D eigenvalue weighted by molar-refractivity contribution is 5.97. The van der Waals surface area contributed by atoms with Crippen LogP contribution < -0.4 is 4.74 Å². The van der Waals surface area contributed by atoms with E-state index in [1.54, 1.807) is 21.3 Å². The Labute approximate surface area is 155 Å². The highest BCUT2D eigenvalue weighted by Gasteiger charge is 2.51. The van der Waals surface area contributed by atoms with E-state index in [0.29, 0.717) is 17.7 Å². The third-order valence-electron chi connectivity index (χ3n) is 6.22. The summed E-state index contributed by atoms with van der Waals surface area (Å²) in [6, 6.07) is 5.66. The molecule has 0 unspecified atom stereocenters. The number of carbonyl (C=O) groups is 1. The first-order chi connectivity index (χ1) is 12.3. The number of methoxy groups -OCH3 is 3. The fraction of sp³-hybridized carbons (Fsp3) is 0.571. The van der Waals surface area contributed by atoms with Gasteiger partial charge in [-0.25, -0.2) is 0 Å². The lowest BCUT2D eigenvalue weighted by Crippen LogP contribution is -2.46. The monoisotopic (exact) mass is 360 g/mol. The predicted molar refractivity (Wildman–Crippen MR) is 98.1 cm³/mol. The molecular weight excluding hydrogens is 332 g/mol. The Kier molecular flexibility index (Phi) is 4.99. The molecule has 0 spiro atoms. The van der Waals surface area contributed by atoms with Crippen LogP contribution in [0, 0.1) is 11.3 Å². The molecule has 1 aromatic carbocycles. The smallest absolute Gasteiger partial charge is 0.159 e. The third-order valence-corrected chi connectivity index (χ3v) is 6.22. The van der Waals surface area contributed by atoms with Gasteiger partial charge in [0.1, 0.15) is 18.0 Å². The Morgan fingerprint density at radius 3 is 2.35 bits per heavy atom. The molecule has 0 fully saturated rings. The van der Waals surface area contributed by atoms with E-state index in [9.17, 15) is 9.90 Å². The highest BCUT2D eigenvalue weighted by atomic mass is 16.5. The van der Waals surface area contributed by atoms with Gasteiger partial charge in [-0.3, -0.25) is 4.79 Å². The standard InChI is InChI=1S/C21H28O5/c1-11-14(22)10-13-18(23)16-12(8-7-9-15(16)24-4)19(25-5)20(26-6)17(11)21(13,2)3/h7-9,13,18-20,23H,10H2,1-6H3/t13-,18+,19+,20-/m0/s1. The number of Topliss-reactive ketones (excluding diaryl/α,β-unsaturated/α-hetero) is 1. The molecule has 142 valence electrons. The van der Waals surface area contributed by atoms with Crippen molar-refractivity contribution in [3.63, 3.8) is 0 Å². The Morgan fingerprint density at radius 1 is 1.12 bits per heavy atom. The van der Waals surface area contributed by atoms with Crippen LogP contribution in [0.2, 0.25) is 0 Å². The van der Waals surface area contributed by atoms with Gasteiger partial charge in [0.25, 0.3) is 0 Å². The second kappa shape index (κ2) is 6.80. The number of fused-ring (bicyclic) bond motifs is 3. The molecule has 5 heteroatoms. The van der Waals surface area contributed by atoms with Crippen LogP contribution in [-0.4, -0.2) is 38.3 Å². The van der Waals surface area contributed by atoms with Crippen molar-refractivity contribution in [2.45, 2.75) is 45.5 Å². The number of rotatable bonds is 3. The van der Waals surface area contributed by atoms with Gasteiger partial charge in [0.2, 0.25) is 0 Å². The molecule has 0 heterocycles. The molecule has 0 aromatic heterocycles. The van der Waals surface area contributed by atoms with Crippen molar-refractivity contribution in [3.05, 3.63) is 40.5 Å². The van der Waals surface area contributed by atoms with Crippen molar-refractivity contribution in [3.8, 4) is 5.75 Å². The molecule has 0 aliphatic heterocycles. The van der Waals surface area contributed by atoms with Crippen LogP contribution in [0.5, 0.6) is 5.75 Å². The van der Waals surface area contributed by atoms with E-state index < -0.39 is 23.7 Å². The van der Waals surface area contributed by atoms with E-state index in [1.165, 1.54) is 0 Å². The summed E-state index contributed by atoms with van der Waals surface area (Å²) in [5, 5.41) is 11.4. The SMILES string of the molecule is COc1cccc2c1[C@H](O)[C@@H]1CC(=O)C(C)=C([C@H](OC)[C@@H]2OC)C1(C)C. The zero-order valence-electron chi connectivity index (χ0n) is 16.3. The van der Waals surface area contributed by atoms with Crippen molar-refractivity contribution >= 4 is 5.78 Å². The predicted octanol–water partition coefficient (Wildman–Crippen LogP) is 3.38. The summed E-state index contributed by atoms with van der Waals surface area (Å²) in [5.41, 5.74) is 2.74. The first kappa shape index (κ1) is 19.1. The lowest BCUT2D eigenvalue weighted by molar-refractivity contribution is -0.122. The summed E-state index contributed by atoms with van der Waals surface area (Å²) < 4.78 is 17.3. The minimum atomic E-state index is -0.835. The van der Waals surface area contributed by atoms with Crippen LogP contribution in [0.25, 0.3) is 0 Å². The maximum absolute atomic E-state index is 12.7. The summed E-state index contributed by atoms with van der Waals surface area (Å²) in [6.07, 6.45) is -1.40. The average Bonchev–Trinajstić information content (AvgIpc) is 2.62. The Hall–Kier alpha value is -1.69. The molecule has 1 aromatic rings. The number of benzene rings is 1. The molecule has 2 aliphatic rings. The van der Waals surface area contributed by atoms with Gasteiger partial charge < -0.3 is 19.3 Å². The van der Waals surface area contributed by atoms with E-state index in [1.807, 2.05) is 25.1 Å². The highest BCUT2D eigenvalue weighted by Crippen LogP contribution is 2.56. The number of ether oxygens (including phenoxy) is 3. The molecule has 5 nitrogen and oxygen atoms in total. The van der Waals surface area contributed by atoms with Crippen molar-refractivity contribution in [1.29, 1.82) is 0 Å². The lowest BCUT2D eigenvalue weighted by Gasteiger charge is -2.49. The van der Waals surface area contributed by atoms with E-state index in [0.717, 1.165) is 16.7 Å². The van der Waals surface area contributed by atoms with Gasteiger partial charge in [0.05, 0.1) is 13.2 Å². The fourth-order valence-electron chi connectivity index (χ4n) is 4.84. The second-order valence-corrected chi connectivity index (χ2v) is 7.71. The van der Waals surface area contributed by atoms with Crippen molar-refractivity contribution in [2.75, 3.05) is 21.3 Å². The van der Waals surface area contributed by atoms with E-state index in [4.69, 9.17) is 14.2 Å². The van der Waals surface area contributed by atoms with Gasteiger partial charge in [-0.1, -0.05) is 26.0 Å². The molecular formula is C21H28O5. The molecule has 0 saturated heterocycles. The maximum Gasteiger partial charge on any atom is 0.159 e. The number of allylic oxidation sites excluding steroid dienone is 1. The number of aliphatic hydroxyl groups excluding tert-OH is 1. The minimum absolute atomic E-state index is 0.0543. The largest absolute Gasteiger partial charge is 0.496 e. The Balaban J connectivity index is 2.38. The van der Waals surface area contributed by atoms with Crippen LogP contribution in [-0.2, 0) is 14.3 Å². The van der Waals surface area contributed by atoms with Crippen molar-refractivity contribution < 1.29 is 24.1 Å². The second-order valence-electron chi connectivity index (χ2n) is 7.71. The van der Waals surface area contributed by atoms with E-state index in [2.05, 4.69) is 13.8 Å². The van der Waals surface area contributed by atoms with Crippen molar-refractivity contribution in [2.24, 2.45) is 11.3 Å². The summed E-state index contributed by atoms with van der Waals surface area (Å²) >= 11 is 0. The number of ketones is 1. The average molecular weight is 360 g/mol. The van der Waals surface area contributed by atoms with E-state index in [-0.39, 0.29) is 11.7 Å². The molecule has 0 amide bonds. The molecule has 2 aliphatic carbocycles. The molecule has 4 atom stereocenters. The fourth-order valence-corrected chi connectivity index (χ4v) is 4.84. The van der Waals surface area contributed by atoms with E-state index >= 15 is 0 Å². The Bertz CT molecular complexity index is 749. The van der Waals surface area contributed by atoms with Crippen LogP contribution in [0.15, 0.2) is 29.3 Å². The quantitative estimate of drug-likeness (QED) is 0.895. The normalized spacial score (nSPS) is 30.5. The van der Waals surface area contributed by atoms with Gasteiger partial charge in [-0.05, 0) is 35.1 Å². The molecule has 2 bridgehead atoms. The van der Waals surface area contributed by atoms with Crippen molar-refractivity contribution in [1.82, 2.24) is 0 Å².